The average Bonchev–Trinajstić information content (AvgIpc) is 3.48. The van der Waals surface area contributed by atoms with Crippen LogP contribution in [0.25, 0.3) is 0 Å². The van der Waals surface area contributed by atoms with Crippen molar-refractivity contribution in [1.82, 2.24) is 15.2 Å². The summed E-state index contributed by atoms with van der Waals surface area (Å²) in [5.74, 6) is -3.18. The lowest BCUT2D eigenvalue weighted by atomic mass is 9.87. The number of alkyl halides is 2. The van der Waals surface area contributed by atoms with Crippen molar-refractivity contribution in [1.29, 1.82) is 0 Å². The summed E-state index contributed by atoms with van der Waals surface area (Å²) in [4.78, 5) is 35.4. The van der Waals surface area contributed by atoms with Crippen LogP contribution in [0.4, 0.5) is 13.2 Å². The number of carboxylic acid groups (broad SMARTS) is 1. The molecule has 4 heterocycles. The molecule has 3 aliphatic heterocycles. The van der Waals surface area contributed by atoms with Crippen molar-refractivity contribution < 1.29 is 32.6 Å². The van der Waals surface area contributed by atoms with Crippen LogP contribution in [0.3, 0.4) is 0 Å². The maximum Gasteiger partial charge on any atom is 0.338 e. The molecule has 0 radical (unpaired) electrons. The van der Waals surface area contributed by atoms with E-state index in [0.29, 0.717) is 11.4 Å². The predicted molar refractivity (Wildman–Crippen MR) is 141 cm³/mol. The van der Waals surface area contributed by atoms with E-state index in [2.05, 4.69) is 16.2 Å². The zero-order valence-corrected chi connectivity index (χ0v) is 22.4. The molecule has 0 amide bonds. The van der Waals surface area contributed by atoms with Crippen molar-refractivity contribution in [3.63, 3.8) is 0 Å². The smallest absolute Gasteiger partial charge is 0.338 e. The van der Waals surface area contributed by atoms with Crippen LogP contribution in [0.2, 0.25) is 0 Å². The minimum Gasteiger partial charge on any atom is -0.481 e. The monoisotopic (exact) mass is 572 g/mol. The fourth-order valence-electron chi connectivity index (χ4n) is 5.99. The van der Waals surface area contributed by atoms with E-state index in [4.69, 9.17) is 16.2 Å². The molecule has 1 aromatic carbocycles. The summed E-state index contributed by atoms with van der Waals surface area (Å²) in [6.45, 7) is 1.59. The van der Waals surface area contributed by atoms with Crippen LogP contribution < -0.4 is 5.32 Å². The number of hydrogen-bond acceptors (Lipinski definition) is 8. The van der Waals surface area contributed by atoms with E-state index in [1.807, 2.05) is 0 Å². The summed E-state index contributed by atoms with van der Waals surface area (Å²) in [7, 11) is 0. The maximum atomic E-state index is 15.2. The summed E-state index contributed by atoms with van der Waals surface area (Å²) in [5, 5.41) is 14.6. The van der Waals surface area contributed by atoms with E-state index in [-0.39, 0.29) is 60.1 Å². The number of thiazole rings is 1. The van der Waals surface area contributed by atoms with Crippen molar-refractivity contribution in [3.05, 3.63) is 63.0 Å². The number of carboxylic acids is 1. The van der Waals surface area contributed by atoms with Crippen LogP contribution in [0.15, 0.2) is 46.0 Å². The van der Waals surface area contributed by atoms with Gasteiger partial charge in [0.05, 0.1) is 23.8 Å². The number of piperidine rings is 1. The first-order valence-corrected chi connectivity index (χ1v) is 13.8. The van der Waals surface area contributed by atoms with Crippen LogP contribution in [0.5, 0.6) is 0 Å². The number of nitrogens with zero attached hydrogens (tertiary/aromatic N) is 3. The molecule has 1 aromatic heterocycles. The fraction of sp³-hybridized carbons (Fsp3) is 0.429. The highest BCUT2D eigenvalue weighted by molar-refractivity contribution is 7.11. The number of carbonyl (C=O) groups is 2. The number of benzene rings is 1. The number of fused-ring (bicyclic) bond motifs is 2. The van der Waals surface area contributed by atoms with Crippen molar-refractivity contribution >= 4 is 29.1 Å². The molecule has 5 rings (SSSR count). The summed E-state index contributed by atoms with van der Waals surface area (Å²) in [5.41, 5.74) is 0.505. The Bertz CT molecular complexity index is 1420. The molecule has 8 nitrogen and oxygen atoms in total. The molecule has 0 aliphatic carbocycles. The topological polar surface area (TPSA) is 104 Å². The Balaban J connectivity index is 1.61. The zero-order valence-electron chi connectivity index (χ0n) is 21.6. The average molecular weight is 573 g/mol. The highest BCUT2D eigenvalue weighted by Crippen LogP contribution is 2.49. The molecule has 4 atom stereocenters. The van der Waals surface area contributed by atoms with Gasteiger partial charge in [-0.1, -0.05) is 18.1 Å². The van der Waals surface area contributed by atoms with Crippen molar-refractivity contribution in [2.75, 3.05) is 13.2 Å². The summed E-state index contributed by atoms with van der Waals surface area (Å²) in [6, 6.07) is 1.36. The second-order valence-electron chi connectivity index (χ2n) is 10.0. The molecule has 2 aromatic rings. The molecule has 2 saturated heterocycles. The number of halogens is 3. The summed E-state index contributed by atoms with van der Waals surface area (Å²) < 4.78 is 50.4. The first-order valence-electron chi connectivity index (χ1n) is 12.9. The van der Waals surface area contributed by atoms with Crippen LogP contribution in [-0.4, -0.2) is 63.9 Å². The van der Waals surface area contributed by atoms with E-state index < -0.39 is 48.2 Å². The molecule has 12 heteroatoms. The van der Waals surface area contributed by atoms with Crippen molar-refractivity contribution in [3.8, 4) is 12.3 Å². The van der Waals surface area contributed by atoms with Gasteiger partial charge in [-0.25, -0.2) is 22.9 Å². The van der Waals surface area contributed by atoms with Crippen LogP contribution in [-0.2, 0) is 14.3 Å². The van der Waals surface area contributed by atoms with Crippen LogP contribution >= 0.6 is 11.3 Å². The van der Waals surface area contributed by atoms with Gasteiger partial charge in [0.15, 0.2) is 10.8 Å². The predicted octanol–water partition coefficient (Wildman–Crippen LogP) is 4.13. The quantitative estimate of drug-likeness (QED) is 0.362. The number of hydrogen-bond donors (Lipinski definition) is 2. The standard InChI is InChI=1S/C28H27F3N4O4S/c1-3-17-18(6-5-7-19(17)29)24-23(27(38)39-4-2)20(33-25(34-24)26-32-8-9-40-26)14-35-16-10-15(12-22(36)37)11-21(35)28(30,31)13-16/h1,5-9,15-16,21,24H,4,10-14H2,2H3,(H,33,34)(H,36,37)/t15-,16-,21+,24?/m1/s1. The molecular weight excluding hydrogens is 545 g/mol. The first kappa shape index (κ1) is 27.9. The minimum atomic E-state index is -3.03. The van der Waals surface area contributed by atoms with Crippen LogP contribution in [0, 0.1) is 24.1 Å². The third-order valence-electron chi connectivity index (χ3n) is 7.57. The second kappa shape index (κ2) is 11.1. The molecule has 3 aliphatic rings. The van der Waals surface area contributed by atoms with Gasteiger partial charge in [0.25, 0.3) is 5.92 Å². The van der Waals surface area contributed by atoms with E-state index in [9.17, 15) is 19.1 Å². The van der Waals surface area contributed by atoms with E-state index in [1.165, 1.54) is 23.5 Å². The van der Waals surface area contributed by atoms with Gasteiger partial charge < -0.3 is 15.2 Å². The minimum absolute atomic E-state index is 0.0137. The van der Waals surface area contributed by atoms with Crippen LogP contribution in [0.1, 0.15) is 54.8 Å². The third-order valence-corrected chi connectivity index (χ3v) is 8.35. The lowest BCUT2D eigenvalue weighted by Crippen LogP contribution is -2.50. The number of terminal acetylenes is 1. The Morgan fingerprint density at radius 1 is 1.35 bits per heavy atom. The van der Waals surface area contributed by atoms with Gasteiger partial charge in [-0.2, -0.15) is 0 Å². The second-order valence-corrected chi connectivity index (χ2v) is 10.9. The number of aliphatic carboxylic acids is 1. The molecule has 210 valence electrons. The van der Waals surface area contributed by atoms with Gasteiger partial charge in [-0.3, -0.25) is 14.7 Å². The number of rotatable bonds is 8. The Kier molecular flexibility index (Phi) is 7.70. The number of aromatic nitrogens is 1. The SMILES string of the molecule is C#Cc1c(F)cccc1C1N=C(c2nccs2)NC(CN2[C@@H]3C[C@@H](CC(=O)O)C[C@H]2C(F)(F)C3)=C1C(=O)OCC. The van der Waals surface area contributed by atoms with Gasteiger partial charge in [0.2, 0.25) is 0 Å². The van der Waals surface area contributed by atoms with Gasteiger partial charge in [-0.05, 0) is 37.3 Å². The van der Waals surface area contributed by atoms with E-state index >= 15 is 8.78 Å². The van der Waals surface area contributed by atoms with Gasteiger partial charge in [0.1, 0.15) is 11.9 Å². The molecule has 40 heavy (non-hydrogen) atoms. The third kappa shape index (κ3) is 5.23. The van der Waals surface area contributed by atoms with Gasteiger partial charge in [0, 0.05) is 42.7 Å². The molecule has 2 bridgehead atoms. The van der Waals surface area contributed by atoms with Gasteiger partial charge >= 0.3 is 11.9 Å². The van der Waals surface area contributed by atoms with E-state index in [0.717, 1.165) is 0 Å². The van der Waals surface area contributed by atoms with Crippen molar-refractivity contribution in [2.24, 2.45) is 10.9 Å². The number of aliphatic imine (C=N–C) groups is 1. The Hall–Kier alpha value is -3.69. The number of ether oxygens (including phenoxy) is 1. The Labute approximate surface area is 233 Å². The summed E-state index contributed by atoms with van der Waals surface area (Å²) >= 11 is 1.28. The Morgan fingerprint density at radius 2 is 2.15 bits per heavy atom. The maximum absolute atomic E-state index is 15.2. The molecule has 2 N–H and O–H groups in total. The first-order chi connectivity index (χ1) is 19.1. The highest BCUT2D eigenvalue weighted by atomic mass is 32.1. The molecule has 0 saturated carbocycles. The number of esters is 1. The molecular formula is C28H27F3N4O4S. The molecule has 0 spiro atoms. The van der Waals surface area contributed by atoms with E-state index in [1.54, 1.807) is 29.5 Å². The zero-order chi connectivity index (χ0) is 28.6. The molecule has 1 unspecified atom stereocenters. The number of amidine groups is 1. The molecule has 2 fully saturated rings. The number of nitrogens with one attached hydrogen (secondary N) is 1. The normalized spacial score (nSPS) is 25.6. The van der Waals surface area contributed by atoms with Gasteiger partial charge in [-0.15, -0.1) is 17.8 Å². The highest BCUT2D eigenvalue weighted by Gasteiger charge is 2.57. The lowest BCUT2D eigenvalue weighted by molar-refractivity contribution is -0.140. The lowest BCUT2D eigenvalue weighted by Gasteiger charge is -2.40. The Morgan fingerprint density at radius 3 is 2.80 bits per heavy atom. The van der Waals surface area contributed by atoms with Crippen molar-refractivity contribution in [2.45, 2.75) is 56.7 Å². The largest absolute Gasteiger partial charge is 0.481 e. The summed E-state index contributed by atoms with van der Waals surface area (Å²) in [6.07, 6.45) is 6.95. The number of carbonyl (C=O) groups excluding carboxylic acids is 1. The fourth-order valence-corrected chi connectivity index (χ4v) is 6.58.